The third kappa shape index (κ3) is 39.4. The smallest absolute Gasteiger partial charge is 0.462 e. The molecule has 0 fully saturated rings. The van der Waals surface area contributed by atoms with Gasteiger partial charge in [-0.05, 0) is 77.0 Å². The summed E-state index contributed by atoms with van der Waals surface area (Å²) in [4.78, 5) is 35.3. The van der Waals surface area contributed by atoms with Crippen molar-refractivity contribution in [3.63, 3.8) is 0 Å². The molecule has 54 heavy (non-hydrogen) atoms. The fraction of sp³-hybridized carbons (Fsp3) is 0.727. The predicted molar refractivity (Wildman–Crippen MR) is 224 cm³/mol. The zero-order valence-corrected chi connectivity index (χ0v) is 35.8. The first-order chi connectivity index (χ1) is 26.0. The van der Waals surface area contributed by atoms with Crippen LogP contribution in [0.1, 0.15) is 155 Å². The first-order valence-electron chi connectivity index (χ1n) is 21.0. The van der Waals surface area contributed by atoms with E-state index in [9.17, 15) is 19.0 Å². The molecule has 0 amide bonds. The van der Waals surface area contributed by atoms with Crippen molar-refractivity contribution in [1.82, 2.24) is 0 Å². The van der Waals surface area contributed by atoms with Crippen LogP contribution in [0.15, 0.2) is 60.8 Å². The zero-order valence-electron chi connectivity index (χ0n) is 34.9. The van der Waals surface area contributed by atoms with Crippen molar-refractivity contribution in [3.05, 3.63) is 60.8 Å². The van der Waals surface area contributed by atoms with E-state index in [1.165, 1.54) is 25.7 Å². The van der Waals surface area contributed by atoms with Crippen LogP contribution in [0, 0.1) is 0 Å². The number of carbonyl (C=O) groups is 2. The molecule has 0 heterocycles. The number of likely N-dealkylation sites (N-methyl/N-ethyl adjacent to an activating group) is 1. The number of nitrogens with zero attached hydrogens (tertiary/aromatic N) is 1. The lowest BCUT2D eigenvalue weighted by molar-refractivity contribution is -0.870. The van der Waals surface area contributed by atoms with Crippen LogP contribution in [-0.2, 0) is 32.7 Å². The average Bonchev–Trinajstić information content (AvgIpc) is 3.12. The van der Waals surface area contributed by atoms with Crippen molar-refractivity contribution >= 4 is 19.8 Å². The highest BCUT2D eigenvalue weighted by Gasteiger charge is 2.27. The van der Waals surface area contributed by atoms with Crippen molar-refractivity contribution in [1.29, 1.82) is 0 Å². The van der Waals surface area contributed by atoms with E-state index in [1.807, 2.05) is 21.1 Å². The Bertz CT molecular complexity index is 1110. The molecule has 9 nitrogen and oxygen atoms in total. The van der Waals surface area contributed by atoms with E-state index in [1.54, 1.807) is 0 Å². The Morgan fingerprint density at radius 1 is 0.593 bits per heavy atom. The van der Waals surface area contributed by atoms with Crippen LogP contribution in [0.5, 0.6) is 0 Å². The van der Waals surface area contributed by atoms with Gasteiger partial charge in [0.25, 0.3) is 0 Å². The second-order valence-electron chi connectivity index (χ2n) is 15.0. The van der Waals surface area contributed by atoms with Crippen LogP contribution in [0.4, 0.5) is 0 Å². The molecule has 0 spiro atoms. The van der Waals surface area contributed by atoms with Crippen LogP contribution in [-0.4, -0.2) is 74.9 Å². The summed E-state index contributed by atoms with van der Waals surface area (Å²) in [5.74, 6) is -0.840. The number of esters is 2. The van der Waals surface area contributed by atoms with Crippen molar-refractivity contribution < 1.29 is 42.1 Å². The second-order valence-corrected chi connectivity index (χ2v) is 16.4. The molecular formula is C44H79NO8P+. The number of quaternary nitrogens is 1. The van der Waals surface area contributed by atoms with Gasteiger partial charge in [-0.1, -0.05) is 126 Å². The van der Waals surface area contributed by atoms with Gasteiger partial charge in [0.05, 0.1) is 27.7 Å². The van der Waals surface area contributed by atoms with Gasteiger partial charge in [0.1, 0.15) is 19.8 Å². The number of rotatable bonds is 37. The van der Waals surface area contributed by atoms with Crippen molar-refractivity contribution in [2.24, 2.45) is 0 Å². The Kier molecular flexibility index (Phi) is 34.8. The molecule has 0 aromatic rings. The lowest BCUT2D eigenvalue weighted by Crippen LogP contribution is -2.37. The predicted octanol–water partition coefficient (Wildman–Crippen LogP) is 11.7. The number of carbonyl (C=O) groups excluding carboxylic acids is 2. The minimum Gasteiger partial charge on any atom is -0.462 e. The van der Waals surface area contributed by atoms with Crippen LogP contribution < -0.4 is 0 Å². The summed E-state index contributed by atoms with van der Waals surface area (Å²) in [6.07, 6.45) is 42.6. The van der Waals surface area contributed by atoms with Gasteiger partial charge in [0.2, 0.25) is 0 Å². The third-order valence-electron chi connectivity index (χ3n) is 8.53. The number of hydrogen-bond acceptors (Lipinski definition) is 7. The topological polar surface area (TPSA) is 108 Å². The molecule has 0 saturated carbocycles. The Hall–Kier alpha value is -2.29. The molecule has 10 heteroatoms. The maximum Gasteiger partial charge on any atom is 0.472 e. The van der Waals surface area contributed by atoms with Gasteiger partial charge in [-0.2, -0.15) is 0 Å². The molecule has 0 saturated heterocycles. The van der Waals surface area contributed by atoms with Gasteiger partial charge in [-0.3, -0.25) is 18.6 Å². The summed E-state index contributed by atoms with van der Waals surface area (Å²) >= 11 is 0. The van der Waals surface area contributed by atoms with Gasteiger partial charge in [-0.25, -0.2) is 4.57 Å². The highest BCUT2D eigenvalue weighted by Crippen LogP contribution is 2.43. The number of unbranched alkanes of at least 4 members (excludes halogenated alkanes) is 13. The van der Waals surface area contributed by atoms with Gasteiger partial charge in [0, 0.05) is 12.8 Å². The molecule has 0 aliphatic rings. The van der Waals surface area contributed by atoms with E-state index in [-0.39, 0.29) is 32.0 Å². The normalized spacial score (nSPS) is 14.3. The summed E-state index contributed by atoms with van der Waals surface area (Å²) in [5.41, 5.74) is 0. The Balaban J connectivity index is 4.45. The van der Waals surface area contributed by atoms with E-state index in [0.717, 1.165) is 96.3 Å². The minimum absolute atomic E-state index is 0.0229. The third-order valence-corrected chi connectivity index (χ3v) is 9.52. The fourth-order valence-corrected chi connectivity index (χ4v) is 5.97. The van der Waals surface area contributed by atoms with Crippen LogP contribution in [0.25, 0.3) is 0 Å². The molecule has 0 aliphatic heterocycles. The van der Waals surface area contributed by atoms with Crippen LogP contribution in [0.3, 0.4) is 0 Å². The largest absolute Gasteiger partial charge is 0.472 e. The monoisotopic (exact) mass is 781 g/mol. The highest BCUT2D eigenvalue weighted by atomic mass is 31.2. The molecule has 312 valence electrons. The molecule has 1 unspecified atom stereocenters. The lowest BCUT2D eigenvalue weighted by Gasteiger charge is -2.24. The number of hydrogen-bond donors (Lipinski definition) is 1. The molecule has 2 atom stereocenters. The molecule has 0 radical (unpaired) electrons. The van der Waals surface area contributed by atoms with Gasteiger partial charge in [-0.15, -0.1) is 0 Å². The number of phosphoric ester groups is 1. The summed E-state index contributed by atoms with van der Waals surface area (Å²) in [6, 6.07) is 0. The van der Waals surface area contributed by atoms with Gasteiger partial charge < -0.3 is 18.9 Å². The molecular weight excluding hydrogens is 701 g/mol. The molecule has 1 N–H and O–H groups in total. The first kappa shape index (κ1) is 51.7. The van der Waals surface area contributed by atoms with Crippen molar-refractivity contribution in [3.8, 4) is 0 Å². The zero-order chi connectivity index (χ0) is 40.0. The average molecular weight is 781 g/mol. The number of phosphoric acid groups is 1. The van der Waals surface area contributed by atoms with Gasteiger partial charge in [0.15, 0.2) is 6.10 Å². The van der Waals surface area contributed by atoms with E-state index >= 15 is 0 Å². The Morgan fingerprint density at radius 3 is 1.57 bits per heavy atom. The lowest BCUT2D eigenvalue weighted by atomic mass is 10.1. The fourth-order valence-electron chi connectivity index (χ4n) is 5.23. The van der Waals surface area contributed by atoms with E-state index in [0.29, 0.717) is 17.4 Å². The maximum atomic E-state index is 12.7. The molecule has 0 bridgehead atoms. The van der Waals surface area contributed by atoms with E-state index in [4.69, 9.17) is 18.5 Å². The first-order valence-corrected chi connectivity index (χ1v) is 22.5. The molecule has 0 aromatic heterocycles. The Morgan fingerprint density at radius 2 is 1.06 bits per heavy atom. The standard InChI is InChI=1S/C44H78NO8P/c1-6-8-10-12-14-16-18-20-22-24-26-28-30-32-34-36-43(46)50-40-42(41-52-54(48,49)51-39-38-45(3,4)5)53-44(47)37-35-33-31-29-27-25-23-21-19-17-15-13-11-9-7-2/h9,11,14-17,20-23,42H,6-8,10,12-13,18-19,24-41H2,1-5H3/p+1/b11-9+,16-14+,17-15+,22-20+,23-21+/t42-/m1/s1. The van der Waals surface area contributed by atoms with Gasteiger partial charge >= 0.3 is 19.8 Å². The molecule has 0 rings (SSSR count). The summed E-state index contributed by atoms with van der Waals surface area (Å²) in [7, 11) is 1.44. The summed E-state index contributed by atoms with van der Waals surface area (Å²) in [6.45, 7) is 4.23. The quantitative estimate of drug-likeness (QED) is 0.0218. The summed E-state index contributed by atoms with van der Waals surface area (Å²) in [5, 5.41) is 0. The second kappa shape index (κ2) is 36.4. The molecule has 0 aliphatic carbocycles. The van der Waals surface area contributed by atoms with Crippen LogP contribution >= 0.6 is 7.82 Å². The highest BCUT2D eigenvalue weighted by molar-refractivity contribution is 7.47. The van der Waals surface area contributed by atoms with E-state index in [2.05, 4.69) is 74.6 Å². The SMILES string of the molecule is CC/C=C/C/C=C/C/C=C/CCCCCCCC(=O)O[C@H](COC(=O)CCCCCCC/C=C/C/C=C/CCCCC)COP(=O)(O)OCC[N+](C)(C)C. The van der Waals surface area contributed by atoms with E-state index < -0.39 is 26.5 Å². The van der Waals surface area contributed by atoms with Crippen LogP contribution in [0.2, 0.25) is 0 Å². The van der Waals surface area contributed by atoms with Crippen molar-refractivity contribution in [2.45, 2.75) is 161 Å². The minimum atomic E-state index is -4.38. The van der Waals surface area contributed by atoms with Crippen molar-refractivity contribution in [2.75, 3.05) is 47.5 Å². The summed E-state index contributed by atoms with van der Waals surface area (Å²) < 4.78 is 34.2. The molecule has 0 aromatic carbocycles. The number of allylic oxidation sites excluding steroid dienone is 10. The maximum absolute atomic E-state index is 12.7. The number of ether oxygens (including phenoxy) is 2. The Labute approximate surface area is 330 Å².